The van der Waals surface area contributed by atoms with Crippen molar-refractivity contribution >= 4 is 0 Å². The summed E-state index contributed by atoms with van der Waals surface area (Å²) in [7, 11) is 0. The molecule has 2 rings (SSSR count). The van der Waals surface area contributed by atoms with Crippen molar-refractivity contribution < 1.29 is 9.31 Å². The molecule has 0 bridgehead atoms. The van der Waals surface area contributed by atoms with Gasteiger partial charge < -0.3 is 0 Å². The fourth-order valence-corrected chi connectivity index (χ4v) is 1.86. The second kappa shape index (κ2) is 2.61. The van der Waals surface area contributed by atoms with Crippen LogP contribution in [0.2, 0.25) is 0 Å². The molecule has 2 heterocycles. The van der Waals surface area contributed by atoms with Crippen molar-refractivity contribution in [2.24, 2.45) is 0 Å². The van der Waals surface area contributed by atoms with Crippen LogP contribution in [0.15, 0.2) is 15.5 Å². The molecule has 0 saturated carbocycles. The Labute approximate surface area is 75.9 Å². The molecule has 5 heteroatoms. The Morgan fingerprint density at radius 1 is 1.69 bits per heavy atom. The minimum Gasteiger partial charge on any atom is -0.281 e. The number of nitrogens with one attached hydrogen (secondary N) is 1. The van der Waals surface area contributed by atoms with Gasteiger partial charge in [0.05, 0.1) is 12.1 Å². The van der Waals surface area contributed by atoms with Gasteiger partial charge in [0.1, 0.15) is 0 Å². The number of aromatic amines is 1. The molecular formula is C8H14N3O2+. The number of nitrogens with zero attached hydrogens (tertiary/aromatic N) is 2. The fourth-order valence-electron chi connectivity index (χ4n) is 1.86. The zero-order chi connectivity index (χ0) is 9.47. The quantitative estimate of drug-likeness (QED) is 0.613. The summed E-state index contributed by atoms with van der Waals surface area (Å²) in [5.41, 5.74) is -0.250. The molecule has 1 aliphatic rings. The molecular weight excluding hydrogens is 170 g/mol. The first-order chi connectivity index (χ1) is 6.09. The van der Waals surface area contributed by atoms with Crippen LogP contribution in [0.1, 0.15) is 26.7 Å². The maximum absolute atomic E-state index is 10.8. The van der Waals surface area contributed by atoms with Gasteiger partial charge in [0.15, 0.2) is 0 Å². The molecule has 0 aliphatic carbocycles. The summed E-state index contributed by atoms with van der Waals surface area (Å²) >= 11 is 0. The van der Waals surface area contributed by atoms with Gasteiger partial charge in [-0.3, -0.25) is 4.52 Å². The molecule has 72 valence electrons. The van der Waals surface area contributed by atoms with Crippen molar-refractivity contribution in [3.8, 4) is 0 Å². The Morgan fingerprint density at radius 3 is 2.92 bits per heavy atom. The van der Waals surface area contributed by atoms with E-state index in [1.54, 1.807) is 4.79 Å². The van der Waals surface area contributed by atoms with E-state index < -0.39 is 0 Å². The predicted octanol–water partition coefficient (Wildman–Crippen LogP) is -0.234. The normalized spacial score (nSPS) is 20.9. The van der Waals surface area contributed by atoms with Crippen LogP contribution in [0.25, 0.3) is 0 Å². The van der Waals surface area contributed by atoms with Gasteiger partial charge in [0.25, 0.3) is 0 Å². The first kappa shape index (κ1) is 8.34. The molecule has 1 N–H and O–H groups in total. The molecule has 1 aromatic heterocycles. The first-order valence-electron chi connectivity index (χ1n) is 4.48. The monoisotopic (exact) mass is 184 g/mol. The molecule has 0 spiro atoms. The minimum atomic E-state index is -0.345. The summed E-state index contributed by atoms with van der Waals surface area (Å²) in [6.45, 7) is 5.25. The highest BCUT2D eigenvalue weighted by Crippen LogP contribution is 2.23. The van der Waals surface area contributed by atoms with Gasteiger partial charge in [-0.1, -0.05) is 0 Å². The van der Waals surface area contributed by atoms with E-state index in [1.165, 1.54) is 6.20 Å². The number of hydrogen-bond donors (Lipinski definition) is 1. The molecule has 1 aliphatic heterocycles. The van der Waals surface area contributed by atoms with Crippen molar-refractivity contribution in [2.45, 2.75) is 32.2 Å². The zero-order valence-corrected chi connectivity index (χ0v) is 7.91. The highest BCUT2D eigenvalue weighted by Gasteiger charge is 2.39. The van der Waals surface area contributed by atoms with Gasteiger partial charge in [0.2, 0.25) is 0 Å². The van der Waals surface area contributed by atoms with Crippen molar-refractivity contribution in [1.82, 2.24) is 5.27 Å². The highest BCUT2D eigenvalue weighted by molar-refractivity contribution is 4.98. The van der Waals surface area contributed by atoms with E-state index in [1.807, 2.05) is 0 Å². The van der Waals surface area contributed by atoms with Gasteiger partial charge in [-0.15, -0.1) is 0 Å². The average Bonchev–Trinajstić information content (AvgIpc) is 2.56. The van der Waals surface area contributed by atoms with E-state index in [4.69, 9.17) is 0 Å². The number of H-pyrrole nitrogens is 1. The lowest BCUT2D eigenvalue weighted by Crippen LogP contribution is -2.65. The molecule has 1 saturated heterocycles. The second-order valence-corrected chi connectivity index (χ2v) is 4.03. The van der Waals surface area contributed by atoms with Gasteiger partial charge in [-0.05, 0) is 26.7 Å². The number of hydrogen-bond acceptors (Lipinski definition) is 3. The predicted molar refractivity (Wildman–Crippen MR) is 45.9 cm³/mol. The summed E-state index contributed by atoms with van der Waals surface area (Å²) in [6, 6.07) is 0. The molecule has 0 atom stereocenters. The van der Waals surface area contributed by atoms with E-state index in [0.29, 0.717) is 0 Å². The van der Waals surface area contributed by atoms with Gasteiger partial charge in [-0.25, -0.2) is 4.79 Å². The lowest BCUT2D eigenvalue weighted by atomic mass is 10.0. The summed E-state index contributed by atoms with van der Waals surface area (Å²) in [5.74, 6) is 0. The standard InChI is InChI=1S/C8H13N3O2/c1-8(2)4-3-5-10(8)11-6-7(12)13-9-11/h6H,3-5H2,1-2H3/p+1. The lowest BCUT2D eigenvalue weighted by Gasteiger charge is -2.23. The third-order valence-electron chi connectivity index (χ3n) is 2.58. The van der Waals surface area contributed by atoms with Gasteiger partial charge >= 0.3 is 11.8 Å². The second-order valence-electron chi connectivity index (χ2n) is 4.03. The fraction of sp³-hybridized carbons (Fsp3) is 0.750. The van der Waals surface area contributed by atoms with E-state index in [9.17, 15) is 4.79 Å². The highest BCUT2D eigenvalue weighted by atomic mass is 16.5. The van der Waals surface area contributed by atoms with Crippen LogP contribution in [-0.4, -0.2) is 17.4 Å². The van der Waals surface area contributed by atoms with Gasteiger partial charge in [0, 0.05) is 10.1 Å². The maximum atomic E-state index is 10.8. The Morgan fingerprint density at radius 2 is 2.46 bits per heavy atom. The Hall–Kier alpha value is -1.26. The van der Waals surface area contributed by atoms with Crippen LogP contribution >= 0.6 is 0 Å². The SMILES string of the molecule is CC1(C)CCCN1[n+]1cc(=O)o[nH]1. The minimum absolute atomic E-state index is 0.0947. The van der Waals surface area contributed by atoms with Crippen molar-refractivity contribution in [3.63, 3.8) is 0 Å². The summed E-state index contributed by atoms with van der Waals surface area (Å²) in [4.78, 5) is 12.4. The summed E-state index contributed by atoms with van der Waals surface area (Å²) < 4.78 is 4.61. The van der Waals surface area contributed by atoms with Crippen LogP contribution < -0.4 is 15.4 Å². The molecule has 1 fully saturated rings. The zero-order valence-electron chi connectivity index (χ0n) is 7.91. The van der Waals surface area contributed by atoms with Crippen LogP contribution in [0.4, 0.5) is 0 Å². The molecule has 0 aromatic carbocycles. The number of rotatable bonds is 1. The Bertz CT molecular complexity index is 352. The molecule has 13 heavy (non-hydrogen) atoms. The maximum Gasteiger partial charge on any atom is 0.430 e. The van der Waals surface area contributed by atoms with Crippen LogP contribution in [-0.2, 0) is 0 Å². The number of aromatic nitrogens is 2. The molecule has 5 nitrogen and oxygen atoms in total. The van der Waals surface area contributed by atoms with E-state index in [0.717, 1.165) is 19.4 Å². The smallest absolute Gasteiger partial charge is 0.281 e. The third kappa shape index (κ3) is 1.34. The molecule has 0 unspecified atom stereocenters. The Balaban J connectivity index is 2.31. The topological polar surface area (TPSA) is 53.1 Å². The van der Waals surface area contributed by atoms with Crippen LogP contribution in [0.5, 0.6) is 0 Å². The van der Waals surface area contributed by atoms with Gasteiger partial charge in [-0.2, -0.15) is 5.01 Å². The summed E-state index contributed by atoms with van der Waals surface area (Å²) in [6.07, 6.45) is 3.70. The summed E-state index contributed by atoms with van der Waals surface area (Å²) in [5, 5.41) is 4.65. The van der Waals surface area contributed by atoms with Crippen LogP contribution in [0, 0.1) is 0 Å². The van der Waals surface area contributed by atoms with Crippen LogP contribution in [0.3, 0.4) is 0 Å². The van der Waals surface area contributed by atoms with E-state index in [2.05, 4.69) is 28.7 Å². The third-order valence-corrected chi connectivity index (χ3v) is 2.58. The van der Waals surface area contributed by atoms with E-state index >= 15 is 0 Å². The lowest BCUT2D eigenvalue weighted by molar-refractivity contribution is -0.763. The van der Waals surface area contributed by atoms with Crippen molar-refractivity contribution in [3.05, 3.63) is 16.6 Å². The molecule has 0 radical (unpaired) electrons. The molecule has 1 aromatic rings. The average molecular weight is 184 g/mol. The molecule has 0 amide bonds. The van der Waals surface area contributed by atoms with Crippen molar-refractivity contribution in [1.29, 1.82) is 0 Å². The van der Waals surface area contributed by atoms with Crippen molar-refractivity contribution in [2.75, 3.05) is 11.6 Å². The largest absolute Gasteiger partial charge is 0.430 e. The van der Waals surface area contributed by atoms with E-state index in [-0.39, 0.29) is 11.2 Å². The Kier molecular flexibility index (Phi) is 1.68. The first-order valence-corrected chi connectivity index (χ1v) is 4.48.